The lowest BCUT2D eigenvalue weighted by molar-refractivity contribution is -0.124. The van der Waals surface area contributed by atoms with Crippen molar-refractivity contribution >= 4 is 51.1 Å². The van der Waals surface area contributed by atoms with Crippen molar-refractivity contribution in [3.8, 4) is 5.75 Å². The van der Waals surface area contributed by atoms with E-state index in [2.05, 4.69) is 21.2 Å². The number of halogens is 2. The first-order chi connectivity index (χ1) is 13.0. The van der Waals surface area contributed by atoms with Gasteiger partial charge in [-0.25, -0.2) is 0 Å². The number of carbonyl (C=O) groups is 2. The molecule has 142 valence electrons. The normalized spacial score (nSPS) is 16.3. The van der Waals surface area contributed by atoms with E-state index in [0.29, 0.717) is 28.8 Å². The maximum absolute atomic E-state index is 12.7. The molecule has 1 aliphatic heterocycles. The summed E-state index contributed by atoms with van der Waals surface area (Å²) in [5.41, 5.74) is 1.47. The molecule has 0 bridgehead atoms. The van der Waals surface area contributed by atoms with Crippen LogP contribution < -0.4 is 10.1 Å². The SMILES string of the molecule is COc1ccc(CNC(=O)C2CSCN2C(=O)c2ccc(Cl)cc2)cc1Br. The molecule has 1 unspecified atom stereocenters. The molecule has 1 heterocycles. The summed E-state index contributed by atoms with van der Waals surface area (Å²) in [4.78, 5) is 27.0. The van der Waals surface area contributed by atoms with Gasteiger partial charge in [-0.05, 0) is 57.9 Å². The Hall–Kier alpha value is -1.70. The van der Waals surface area contributed by atoms with Gasteiger partial charge in [0.15, 0.2) is 0 Å². The van der Waals surface area contributed by atoms with Crippen LogP contribution in [0.4, 0.5) is 0 Å². The van der Waals surface area contributed by atoms with Crippen LogP contribution in [0.25, 0.3) is 0 Å². The van der Waals surface area contributed by atoms with Crippen LogP contribution in [0.2, 0.25) is 5.02 Å². The maximum Gasteiger partial charge on any atom is 0.255 e. The second-order valence-corrected chi connectivity index (χ2v) is 8.27. The summed E-state index contributed by atoms with van der Waals surface area (Å²) in [6.45, 7) is 0.381. The van der Waals surface area contributed by atoms with E-state index in [1.165, 1.54) is 0 Å². The number of carbonyl (C=O) groups excluding carboxylic acids is 2. The van der Waals surface area contributed by atoms with E-state index in [1.807, 2.05) is 18.2 Å². The molecule has 0 aliphatic carbocycles. The number of rotatable bonds is 5. The van der Waals surface area contributed by atoms with E-state index in [0.717, 1.165) is 15.8 Å². The Labute approximate surface area is 175 Å². The molecular weight excluding hydrogens is 452 g/mol. The molecule has 1 N–H and O–H groups in total. The molecule has 1 atom stereocenters. The van der Waals surface area contributed by atoms with E-state index < -0.39 is 6.04 Å². The van der Waals surface area contributed by atoms with Gasteiger partial charge in [0, 0.05) is 22.9 Å². The Kier molecular flexibility index (Phi) is 6.68. The van der Waals surface area contributed by atoms with Gasteiger partial charge in [0.05, 0.1) is 17.5 Å². The number of nitrogens with zero attached hydrogens (tertiary/aromatic N) is 1. The van der Waals surface area contributed by atoms with Gasteiger partial charge in [0.1, 0.15) is 11.8 Å². The molecule has 8 heteroatoms. The van der Waals surface area contributed by atoms with Gasteiger partial charge < -0.3 is 15.0 Å². The fourth-order valence-electron chi connectivity index (χ4n) is 2.75. The van der Waals surface area contributed by atoms with Crippen molar-refractivity contribution in [1.82, 2.24) is 10.2 Å². The molecule has 1 fully saturated rings. The smallest absolute Gasteiger partial charge is 0.255 e. The number of nitrogens with one attached hydrogen (secondary N) is 1. The van der Waals surface area contributed by atoms with Gasteiger partial charge in [-0.2, -0.15) is 0 Å². The quantitative estimate of drug-likeness (QED) is 0.720. The van der Waals surface area contributed by atoms with Crippen LogP contribution in [0, 0.1) is 0 Å². The molecule has 27 heavy (non-hydrogen) atoms. The number of hydrogen-bond donors (Lipinski definition) is 1. The van der Waals surface area contributed by atoms with Crippen molar-refractivity contribution in [3.05, 3.63) is 63.1 Å². The zero-order valence-corrected chi connectivity index (χ0v) is 17.7. The average molecular weight is 470 g/mol. The number of hydrogen-bond acceptors (Lipinski definition) is 4. The lowest BCUT2D eigenvalue weighted by Crippen LogP contribution is -2.47. The van der Waals surface area contributed by atoms with Crippen molar-refractivity contribution < 1.29 is 14.3 Å². The number of ether oxygens (including phenoxy) is 1. The molecule has 0 aromatic heterocycles. The molecule has 3 rings (SSSR count). The Bertz CT molecular complexity index is 847. The molecule has 1 saturated heterocycles. The highest BCUT2D eigenvalue weighted by Crippen LogP contribution is 2.26. The van der Waals surface area contributed by atoms with Crippen LogP contribution in [-0.4, -0.2) is 41.5 Å². The molecule has 2 aromatic rings. The third-order valence-electron chi connectivity index (χ3n) is 4.22. The van der Waals surface area contributed by atoms with Gasteiger partial charge in [-0.1, -0.05) is 17.7 Å². The van der Waals surface area contributed by atoms with Gasteiger partial charge in [-0.3, -0.25) is 9.59 Å². The van der Waals surface area contributed by atoms with Crippen LogP contribution in [0.5, 0.6) is 5.75 Å². The molecule has 2 amide bonds. The van der Waals surface area contributed by atoms with Gasteiger partial charge >= 0.3 is 0 Å². The van der Waals surface area contributed by atoms with Crippen LogP contribution in [0.3, 0.4) is 0 Å². The first-order valence-electron chi connectivity index (χ1n) is 8.24. The predicted molar refractivity (Wildman–Crippen MR) is 111 cm³/mol. The fourth-order valence-corrected chi connectivity index (χ4v) is 4.61. The first-order valence-corrected chi connectivity index (χ1v) is 10.6. The molecule has 1 aliphatic rings. The molecule has 5 nitrogen and oxygen atoms in total. The average Bonchev–Trinajstić information content (AvgIpc) is 3.16. The third-order valence-corrected chi connectivity index (χ3v) is 6.10. The molecule has 0 saturated carbocycles. The van der Waals surface area contributed by atoms with E-state index in [-0.39, 0.29) is 11.8 Å². The van der Waals surface area contributed by atoms with E-state index in [9.17, 15) is 9.59 Å². The van der Waals surface area contributed by atoms with Crippen molar-refractivity contribution in [1.29, 1.82) is 0 Å². The topological polar surface area (TPSA) is 58.6 Å². The number of benzene rings is 2. The number of methoxy groups -OCH3 is 1. The van der Waals surface area contributed by atoms with Gasteiger partial charge in [0.2, 0.25) is 5.91 Å². The van der Waals surface area contributed by atoms with Gasteiger partial charge in [0.25, 0.3) is 5.91 Å². The zero-order valence-electron chi connectivity index (χ0n) is 14.6. The largest absolute Gasteiger partial charge is 0.496 e. The van der Waals surface area contributed by atoms with Crippen LogP contribution in [0.15, 0.2) is 46.9 Å². The Morgan fingerprint density at radius 1 is 1.30 bits per heavy atom. The summed E-state index contributed by atoms with van der Waals surface area (Å²) in [5, 5.41) is 3.49. The molecule has 0 radical (unpaired) electrons. The summed E-state index contributed by atoms with van der Waals surface area (Å²) in [6.07, 6.45) is 0. The third kappa shape index (κ3) is 4.78. The van der Waals surface area contributed by atoms with Crippen molar-refractivity contribution in [2.75, 3.05) is 18.7 Å². The zero-order chi connectivity index (χ0) is 19.4. The summed E-state index contributed by atoms with van der Waals surface area (Å²) in [7, 11) is 1.60. The lowest BCUT2D eigenvalue weighted by atomic mass is 10.1. The Balaban J connectivity index is 1.64. The molecular formula is C19H18BrClN2O3S. The summed E-state index contributed by atoms with van der Waals surface area (Å²) in [5.74, 6) is 1.49. The minimum absolute atomic E-state index is 0.158. The summed E-state index contributed by atoms with van der Waals surface area (Å²) < 4.78 is 6.03. The minimum atomic E-state index is -0.486. The summed E-state index contributed by atoms with van der Waals surface area (Å²) in [6, 6.07) is 11.9. The summed E-state index contributed by atoms with van der Waals surface area (Å²) >= 11 is 10.9. The highest BCUT2D eigenvalue weighted by atomic mass is 79.9. The number of thioether (sulfide) groups is 1. The van der Waals surface area contributed by atoms with E-state index >= 15 is 0 Å². The molecule has 2 aromatic carbocycles. The van der Waals surface area contributed by atoms with Gasteiger partial charge in [-0.15, -0.1) is 11.8 Å². The second kappa shape index (κ2) is 8.99. The maximum atomic E-state index is 12.7. The highest BCUT2D eigenvalue weighted by Gasteiger charge is 2.34. The van der Waals surface area contributed by atoms with Crippen LogP contribution in [-0.2, 0) is 11.3 Å². The van der Waals surface area contributed by atoms with Crippen molar-refractivity contribution in [2.45, 2.75) is 12.6 Å². The predicted octanol–water partition coefficient (Wildman–Crippen LogP) is 3.94. The first kappa shape index (κ1) is 20.0. The Morgan fingerprint density at radius 3 is 2.70 bits per heavy atom. The molecule has 0 spiro atoms. The van der Waals surface area contributed by atoms with Crippen LogP contribution >= 0.6 is 39.3 Å². The lowest BCUT2D eigenvalue weighted by Gasteiger charge is -2.23. The minimum Gasteiger partial charge on any atom is -0.496 e. The second-order valence-electron chi connectivity index (χ2n) is 5.98. The van der Waals surface area contributed by atoms with Crippen molar-refractivity contribution in [2.24, 2.45) is 0 Å². The van der Waals surface area contributed by atoms with Crippen molar-refractivity contribution in [3.63, 3.8) is 0 Å². The fraction of sp³-hybridized carbons (Fsp3) is 0.263. The number of amides is 2. The van der Waals surface area contributed by atoms with E-state index in [1.54, 1.807) is 48.0 Å². The van der Waals surface area contributed by atoms with Crippen LogP contribution in [0.1, 0.15) is 15.9 Å². The Morgan fingerprint density at radius 2 is 2.04 bits per heavy atom. The highest BCUT2D eigenvalue weighted by molar-refractivity contribution is 9.10. The van der Waals surface area contributed by atoms with E-state index in [4.69, 9.17) is 16.3 Å². The standard InChI is InChI=1S/C19H18BrClN2O3S/c1-26-17-7-2-12(8-15(17)20)9-22-18(24)16-10-27-11-23(16)19(25)13-3-5-14(21)6-4-13/h2-8,16H,9-11H2,1H3,(H,22,24). The monoisotopic (exact) mass is 468 g/mol.